The zero-order valence-corrected chi connectivity index (χ0v) is 12.1. The summed E-state index contributed by atoms with van der Waals surface area (Å²) in [5.74, 6) is -0.703. The third-order valence-corrected chi connectivity index (χ3v) is 5.60. The van der Waals surface area contributed by atoms with Crippen LogP contribution >= 0.6 is 39.0 Å². The van der Waals surface area contributed by atoms with Crippen LogP contribution in [0.4, 0.5) is 0 Å². The number of carboxylic acids is 1. The van der Waals surface area contributed by atoms with Crippen molar-refractivity contribution < 1.29 is 14.7 Å². The van der Waals surface area contributed by atoms with E-state index in [1.165, 1.54) is 28.0 Å². The summed E-state index contributed by atoms with van der Waals surface area (Å²) in [5, 5.41) is 10.8. The highest BCUT2D eigenvalue weighted by Crippen LogP contribution is 2.33. The maximum absolute atomic E-state index is 12.3. The van der Waals surface area contributed by atoms with E-state index >= 15 is 0 Å². The predicted octanol–water partition coefficient (Wildman–Crippen LogP) is 2.50. The van der Waals surface area contributed by atoms with E-state index < -0.39 is 12.0 Å². The van der Waals surface area contributed by atoms with Gasteiger partial charge in [0.1, 0.15) is 10.9 Å². The van der Waals surface area contributed by atoms with Gasteiger partial charge < -0.3 is 10.0 Å². The van der Waals surface area contributed by atoms with Gasteiger partial charge >= 0.3 is 5.97 Å². The number of thioether (sulfide) groups is 1. The number of carbonyl (C=O) groups excluding carboxylic acids is 1. The second-order valence-corrected chi connectivity index (χ2v) is 6.72. The molecule has 0 aromatic carbocycles. The normalized spacial score (nSPS) is 24.0. The summed E-state index contributed by atoms with van der Waals surface area (Å²) in [6.07, 6.45) is 0. The number of aliphatic carboxylic acids is 1. The average molecular weight is 336 g/mol. The monoisotopic (exact) mass is 335 g/mol. The number of rotatable bonds is 2. The van der Waals surface area contributed by atoms with Crippen molar-refractivity contribution in [3.05, 3.63) is 20.8 Å². The van der Waals surface area contributed by atoms with Gasteiger partial charge in [-0.1, -0.05) is 0 Å². The van der Waals surface area contributed by atoms with E-state index in [-0.39, 0.29) is 11.3 Å². The van der Waals surface area contributed by atoms with Crippen LogP contribution in [0.2, 0.25) is 0 Å². The van der Waals surface area contributed by atoms with Crippen molar-refractivity contribution in [1.82, 2.24) is 4.90 Å². The molecule has 1 aliphatic heterocycles. The molecule has 2 atom stereocenters. The molecule has 7 heteroatoms. The molecule has 1 aromatic rings. The lowest BCUT2D eigenvalue weighted by atomic mass is 10.2. The molecule has 17 heavy (non-hydrogen) atoms. The molecule has 1 fully saturated rings. The van der Waals surface area contributed by atoms with E-state index in [0.717, 1.165) is 4.47 Å². The van der Waals surface area contributed by atoms with Crippen molar-refractivity contribution in [3.8, 4) is 0 Å². The third-order valence-electron chi connectivity index (χ3n) is 2.55. The van der Waals surface area contributed by atoms with Crippen LogP contribution in [0.15, 0.2) is 15.9 Å². The summed E-state index contributed by atoms with van der Waals surface area (Å²) < 4.78 is 0.723. The molecule has 0 bridgehead atoms. The van der Waals surface area contributed by atoms with Gasteiger partial charge in [0.2, 0.25) is 0 Å². The minimum Gasteiger partial charge on any atom is -0.480 e. The minimum atomic E-state index is -0.942. The Morgan fingerprint density at radius 1 is 1.59 bits per heavy atom. The van der Waals surface area contributed by atoms with E-state index in [1.807, 2.05) is 6.92 Å². The molecule has 1 N–H and O–H groups in total. The van der Waals surface area contributed by atoms with Gasteiger partial charge in [-0.2, -0.15) is 0 Å². The number of hydrogen-bond acceptors (Lipinski definition) is 4. The number of amides is 1. The highest BCUT2D eigenvalue weighted by Gasteiger charge is 2.40. The van der Waals surface area contributed by atoms with Crippen molar-refractivity contribution in [2.45, 2.75) is 18.3 Å². The fourth-order valence-corrected chi connectivity index (χ4v) is 4.36. The third kappa shape index (κ3) is 2.36. The lowest BCUT2D eigenvalue weighted by molar-refractivity contribution is -0.141. The van der Waals surface area contributed by atoms with Gasteiger partial charge in [-0.15, -0.1) is 23.1 Å². The van der Waals surface area contributed by atoms with Crippen molar-refractivity contribution in [3.63, 3.8) is 0 Å². The Hall–Kier alpha value is -0.530. The van der Waals surface area contributed by atoms with Gasteiger partial charge in [-0.25, -0.2) is 4.79 Å². The number of hydrogen-bond donors (Lipinski definition) is 1. The Morgan fingerprint density at radius 3 is 2.82 bits per heavy atom. The highest BCUT2D eigenvalue weighted by molar-refractivity contribution is 9.10. The molecule has 2 heterocycles. The summed E-state index contributed by atoms with van der Waals surface area (Å²) in [4.78, 5) is 25.4. The largest absolute Gasteiger partial charge is 0.480 e. The Morgan fingerprint density at radius 2 is 2.29 bits per heavy atom. The molecular weight excluding hydrogens is 326 g/mol. The molecule has 0 spiro atoms. The summed E-state index contributed by atoms with van der Waals surface area (Å²) in [5.41, 5.74) is 0. The molecule has 2 unspecified atom stereocenters. The van der Waals surface area contributed by atoms with Gasteiger partial charge in [0, 0.05) is 10.2 Å². The van der Waals surface area contributed by atoms with E-state index in [2.05, 4.69) is 15.9 Å². The molecule has 92 valence electrons. The van der Waals surface area contributed by atoms with Crippen molar-refractivity contribution >= 4 is 50.9 Å². The molecule has 0 radical (unpaired) electrons. The number of carbonyl (C=O) groups is 2. The summed E-state index contributed by atoms with van der Waals surface area (Å²) in [6.45, 7) is 1.85. The lowest BCUT2D eigenvalue weighted by Crippen LogP contribution is -2.44. The second kappa shape index (κ2) is 4.99. The van der Waals surface area contributed by atoms with E-state index in [0.29, 0.717) is 10.6 Å². The maximum Gasteiger partial charge on any atom is 0.327 e. The van der Waals surface area contributed by atoms with Crippen LogP contribution in [0.25, 0.3) is 0 Å². The Kier molecular flexibility index (Phi) is 3.79. The van der Waals surface area contributed by atoms with Crippen LogP contribution < -0.4 is 0 Å². The van der Waals surface area contributed by atoms with Gasteiger partial charge in [-0.05, 0) is 34.3 Å². The predicted molar refractivity (Wildman–Crippen MR) is 71.5 cm³/mol. The molecule has 1 saturated heterocycles. The molecule has 1 aliphatic rings. The van der Waals surface area contributed by atoms with E-state index in [4.69, 9.17) is 5.11 Å². The zero-order valence-electron chi connectivity index (χ0n) is 8.92. The van der Waals surface area contributed by atoms with Crippen LogP contribution in [0.3, 0.4) is 0 Å². The van der Waals surface area contributed by atoms with Crippen molar-refractivity contribution in [2.24, 2.45) is 0 Å². The second-order valence-electron chi connectivity index (χ2n) is 3.60. The van der Waals surface area contributed by atoms with Crippen LogP contribution in [0, 0.1) is 0 Å². The Balaban J connectivity index is 2.29. The molecule has 1 amide bonds. The van der Waals surface area contributed by atoms with Gasteiger partial charge in [0.05, 0.1) is 5.37 Å². The molecule has 0 aliphatic carbocycles. The number of nitrogens with zero attached hydrogens (tertiary/aromatic N) is 1. The van der Waals surface area contributed by atoms with Gasteiger partial charge in [0.15, 0.2) is 0 Å². The van der Waals surface area contributed by atoms with Crippen LogP contribution in [0.1, 0.15) is 16.6 Å². The minimum absolute atomic E-state index is 0.0994. The Bertz CT molecular complexity index is 462. The maximum atomic E-state index is 12.3. The van der Waals surface area contributed by atoms with Gasteiger partial charge in [0.25, 0.3) is 5.91 Å². The summed E-state index contributed by atoms with van der Waals surface area (Å²) in [6, 6.07) is 1.07. The molecule has 2 rings (SSSR count). The first-order valence-corrected chi connectivity index (χ1v) is 7.64. The highest BCUT2D eigenvalue weighted by atomic mass is 79.9. The fourth-order valence-electron chi connectivity index (χ4n) is 1.70. The standard InChI is InChI=1S/C10H10BrNO3S2/c1-5-12(7(4-17-5)10(14)15)9(13)8-6(11)2-3-16-8/h2-3,5,7H,4H2,1H3,(H,14,15). The van der Waals surface area contributed by atoms with Crippen molar-refractivity contribution in [2.75, 3.05) is 5.75 Å². The summed E-state index contributed by atoms with van der Waals surface area (Å²) in [7, 11) is 0. The van der Waals surface area contributed by atoms with E-state index in [9.17, 15) is 9.59 Å². The summed E-state index contributed by atoms with van der Waals surface area (Å²) >= 11 is 6.11. The van der Waals surface area contributed by atoms with Gasteiger partial charge in [-0.3, -0.25) is 4.79 Å². The van der Waals surface area contributed by atoms with Crippen LogP contribution in [0.5, 0.6) is 0 Å². The van der Waals surface area contributed by atoms with E-state index in [1.54, 1.807) is 11.4 Å². The first-order chi connectivity index (χ1) is 8.02. The lowest BCUT2D eigenvalue weighted by Gasteiger charge is -2.24. The molecule has 0 saturated carbocycles. The first kappa shape index (κ1) is 12.9. The van der Waals surface area contributed by atoms with Crippen LogP contribution in [-0.4, -0.2) is 39.1 Å². The number of halogens is 1. The number of carboxylic acid groups (broad SMARTS) is 1. The number of thiophene rings is 1. The quantitative estimate of drug-likeness (QED) is 0.902. The van der Waals surface area contributed by atoms with Crippen LogP contribution in [-0.2, 0) is 4.79 Å². The first-order valence-electron chi connectivity index (χ1n) is 4.92. The smallest absolute Gasteiger partial charge is 0.327 e. The molecule has 1 aromatic heterocycles. The molecule has 4 nitrogen and oxygen atoms in total. The average Bonchev–Trinajstić information content (AvgIpc) is 2.83. The SMILES string of the molecule is CC1SCC(C(=O)O)N1C(=O)c1sccc1Br. The van der Waals surface area contributed by atoms with Crippen molar-refractivity contribution in [1.29, 1.82) is 0 Å². The molecular formula is C10H10BrNO3S2. The Labute approximate surface area is 115 Å². The topological polar surface area (TPSA) is 57.6 Å². The fraction of sp³-hybridized carbons (Fsp3) is 0.400. The zero-order chi connectivity index (χ0) is 12.6.